The SMILES string of the molecule is CCNC(=O)/C=C/C1OC(c2ccc(Cl)cc2)c2c(sc(C)c2C)-c2cn(C)c(=O)cc21. The molecule has 1 aliphatic heterocycles. The molecule has 0 saturated heterocycles. The lowest BCUT2D eigenvalue weighted by molar-refractivity contribution is -0.116. The molecule has 1 aromatic carbocycles. The highest BCUT2D eigenvalue weighted by molar-refractivity contribution is 7.15. The summed E-state index contributed by atoms with van der Waals surface area (Å²) >= 11 is 7.84. The molecule has 4 rings (SSSR count). The summed E-state index contributed by atoms with van der Waals surface area (Å²) in [4.78, 5) is 27.0. The van der Waals surface area contributed by atoms with Crippen molar-refractivity contribution in [3.8, 4) is 10.4 Å². The highest BCUT2D eigenvalue weighted by Gasteiger charge is 2.33. The molecule has 1 N–H and O–H groups in total. The number of likely N-dealkylation sites (N-methyl/N-ethyl adjacent to an activating group) is 1. The van der Waals surface area contributed by atoms with E-state index in [0.29, 0.717) is 11.6 Å². The van der Waals surface area contributed by atoms with Gasteiger partial charge in [0.25, 0.3) is 5.56 Å². The number of nitrogens with one attached hydrogen (secondary N) is 1. The van der Waals surface area contributed by atoms with Crippen LogP contribution in [0.3, 0.4) is 0 Å². The van der Waals surface area contributed by atoms with E-state index in [2.05, 4.69) is 19.2 Å². The zero-order valence-corrected chi connectivity index (χ0v) is 20.0. The van der Waals surface area contributed by atoms with E-state index in [9.17, 15) is 9.59 Å². The first-order chi connectivity index (χ1) is 15.3. The number of thiophene rings is 1. The maximum atomic E-state index is 12.6. The summed E-state index contributed by atoms with van der Waals surface area (Å²) in [5.74, 6) is -0.199. The Bertz CT molecular complexity index is 1260. The molecule has 0 bridgehead atoms. The van der Waals surface area contributed by atoms with Crippen LogP contribution in [0.15, 0.2) is 53.5 Å². The number of aryl methyl sites for hydroxylation is 2. The Balaban J connectivity index is 1.95. The Morgan fingerprint density at radius 1 is 1.28 bits per heavy atom. The van der Waals surface area contributed by atoms with Gasteiger partial charge in [-0.25, -0.2) is 0 Å². The third-order valence-corrected chi connectivity index (χ3v) is 7.24. The lowest BCUT2D eigenvalue weighted by Crippen LogP contribution is -2.21. The van der Waals surface area contributed by atoms with Gasteiger partial charge >= 0.3 is 0 Å². The topological polar surface area (TPSA) is 60.3 Å². The molecule has 32 heavy (non-hydrogen) atoms. The van der Waals surface area contributed by atoms with Gasteiger partial charge < -0.3 is 14.6 Å². The number of halogens is 1. The van der Waals surface area contributed by atoms with Gasteiger partial charge in [-0.15, -0.1) is 11.3 Å². The molecule has 0 radical (unpaired) electrons. The van der Waals surface area contributed by atoms with Gasteiger partial charge in [0.2, 0.25) is 5.91 Å². The normalized spacial score (nSPS) is 17.7. The van der Waals surface area contributed by atoms with Gasteiger partial charge in [-0.3, -0.25) is 9.59 Å². The van der Waals surface area contributed by atoms with Crippen molar-refractivity contribution >= 4 is 28.8 Å². The van der Waals surface area contributed by atoms with E-state index >= 15 is 0 Å². The fourth-order valence-electron chi connectivity index (χ4n) is 3.96. The van der Waals surface area contributed by atoms with E-state index in [0.717, 1.165) is 32.7 Å². The quantitative estimate of drug-likeness (QED) is 0.533. The van der Waals surface area contributed by atoms with Gasteiger partial charge in [0, 0.05) is 63.4 Å². The molecule has 0 aliphatic carbocycles. The Morgan fingerprint density at radius 2 is 2.00 bits per heavy atom. The number of ether oxygens (including phenoxy) is 1. The maximum Gasteiger partial charge on any atom is 0.250 e. The Labute approximate surface area is 196 Å². The summed E-state index contributed by atoms with van der Waals surface area (Å²) in [7, 11) is 1.75. The molecular weight excluding hydrogens is 444 g/mol. The molecule has 7 heteroatoms. The van der Waals surface area contributed by atoms with Crippen LogP contribution in [0.25, 0.3) is 10.4 Å². The molecule has 2 atom stereocenters. The van der Waals surface area contributed by atoms with Gasteiger partial charge in [0.05, 0.1) is 0 Å². The molecule has 166 valence electrons. The van der Waals surface area contributed by atoms with Crippen molar-refractivity contribution in [2.24, 2.45) is 7.05 Å². The lowest BCUT2D eigenvalue weighted by Gasteiger charge is -2.22. The number of hydrogen-bond acceptors (Lipinski definition) is 4. The number of carbonyl (C=O) groups excluding carboxylic acids is 1. The zero-order valence-electron chi connectivity index (χ0n) is 18.4. The van der Waals surface area contributed by atoms with E-state index in [1.54, 1.807) is 35.1 Å². The van der Waals surface area contributed by atoms with E-state index in [1.165, 1.54) is 11.0 Å². The van der Waals surface area contributed by atoms with Crippen molar-refractivity contribution in [2.45, 2.75) is 33.0 Å². The highest BCUT2D eigenvalue weighted by atomic mass is 35.5. The number of hydrogen-bond donors (Lipinski definition) is 1. The second-order valence-corrected chi connectivity index (χ2v) is 9.52. The second kappa shape index (κ2) is 9.06. The summed E-state index contributed by atoms with van der Waals surface area (Å²) in [5.41, 5.74) is 4.80. The summed E-state index contributed by atoms with van der Waals surface area (Å²) in [6.45, 7) is 6.60. The molecule has 0 spiro atoms. The van der Waals surface area contributed by atoms with Crippen molar-refractivity contribution in [1.82, 2.24) is 9.88 Å². The van der Waals surface area contributed by atoms with Crippen LogP contribution < -0.4 is 10.9 Å². The molecule has 2 unspecified atom stereocenters. The number of benzene rings is 1. The third-order valence-electron chi connectivity index (χ3n) is 5.73. The van der Waals surface area contributed by atoms with E-state index in [4.69, 9.17) is 16.3 Å². The van der Waals surface area contributed by atoms with Crippen LogP contribution in [0.4, 0.5) is 0 Å². The predicted molar refractivity (Wildman–Crippen MR) is 129 cm³/mol. The number of carbonyl (C=O) groups is 1. The largest absolute Gasteiger partial charge is 0.357 e. The number of amides is 1. The number of nitrogens with zero attached hydrogens (tertiary/aromatic N) is 1. The average Bonchev–Trinajstić information content (AvgIpc) is 2.98. The van der Waals surface area contributed by atoms with Crippen LogP contribution in [0.5, 0.6) is 0 Å². The van der Waals surface area contributed by atoms with Crippen molar-refractivity contribution in [3.05, 3.63) is 91.2 Å². The van der Waals surface area contributed by atoms with Crippen LogP contribution in [-0.2, 0) is 16.6 Å². The molecule has 1 amide bonds. The van der Waals surface area contributed by atoms with Crippen molar-refractivity contribution in [3.63, 3.8) is 0 Å². The molecular formula is C25H25ClN2O3S. The molecule has 0 fully saturated rings. The number of aromatic nitrogens is 1. The minimum Gasteiger partial charge on any atom is -0.357 e. The molecule has 3 aromatic rings. The summed E-state index contributed by atoms with van der Waals surface area (Å²) < 4.78 is 8.24. The van der Waals surface area contributed by atoms with Gasteiger partial charge in [-0.05, 0) is 50.1 Å². The van der Waals surface area contributed by atoms with Crippen LogP contribution in [0, 0.1) is 13.8 Å². The Hall–Kier alpha value is -2.67. The van der Waals surface area contributed by atoms with Crippen molar-refractivity contribution in [2.75, 3.05) is 6.54 Å². The van der Waals surface area contributed by atoms with Crippen LogP contribution in [0.2, 0.25) is 5.02 Å². The second-order valence-electron chi connectivity index (χ2n) is 7.86. The van der Waals surface area contributed by atoms with Crippen LogP contribution in [0.1, 0.15) is 46.3 Å². The highest BCUT2D eigenvalue weighted by Crippen LogP contribution is 2.49. The molecule has 3 heterocycles. The average molecular weight is 469 g/mol. The fourth-order valence-corrected chi connectivity index (χ4v) is 5.30. The van der Waals surface area contributed by atoms with Gasteiger partial charge in [-0.2, -0.15) is 0 Å². The van der Waals surface area contributed by atoms with E-state index in [1.807, 2.05) is 37.4 Å². The maximum absolute atomic E-state index is 12.6. The first kappa shape index (κ1) is 22.5. The number of rotatable bonds is 4. The van der Waals surface area contributed by atoms with E-state index < -0.39 is 6.10 Å². The molecule has 1 aliphatic rings. The van der Waals surface area contributed by atoms with Crippen molar-refractivity contribution in [1.29, 1.82) is 0 Å². The minimum absolute atomic E-state index is 0.125. The molecule has 5 nitrogen and oxygen atoms in total. The summed E-state index contributed by atoms with van der Waals surface area (Å²) in [5, 5.41) is 3.42. The van der Waals surface area contributed by atoms with Gasteiger partial charge in [0.1, 0.15) is 12.2 Å². The molecule has 2 aromatic heterocycles. The predicted octanol–water partition coefficient (Wildman–Crippen LogP) is 5.24. The summed E-state index contributed by atoms with van der Waals surface area (Å²) in [6, 6.07) is 9.23. The van der Waals surface area contributed by atoms with Gasteiger partial charge in [0.15, 0.2) is 0 Å². The van der Waals surface area contributed by atoms with E-state index in [-0.39, 0.29) is 17.6 Å². The zero-order chi connectivity index (χ0) is 23.0. The minimum atomic E-state index is -0.568. The standard InChI is InChI=1S/C25H25ClN2O3S/c1-5-27-21(29)11-10-20-18-12-22(30)28(4)13-19(18)25-23(14(2)15(3)32-25)24(31-20)16-6-8-17(26)9-7-16/h6-13,20,24H,5H2,1-4H3,(H,27,29)/b11-10+. The van der Waals surface area contributed by atoms with Crippen molar-refractivity contribution < 1.29 is 9.53 Å². The van der Waals surface area contributed by atoms with Gasteiger partial charge in [-0.1, -0.05) is 23.7 Å². The fraction of sp³-hybridized carbons (Fsp3) is 0.280. The Kier molecular flexibility index (Phi) is 6.38. The molecule has 0 saturated carbocycles. The Morgan fingerprint density at radius 3 is 2.69 bits per heavy atom. The van der Waals surface area contributed by atoms with Crippen LogP contribution >= 0.6 is 22.9 Å². The smallest absolute Gasteiger partial charge is 0.250 e. The first-order valence-corrected chi connectivity index (χ1v) is 11.7. The first-order valence-electron chi connectivity index (χ1n) is 10.5. The third kappa shape index (κ3) is 4.18. The summed E-state index contributed by atoms with van der Waals surface area (Å²) in [6.07, 6.45) is 4.13. The monoisotopic (exact) mass is 468 g/mol. The lowest BCUT2D eigenvalue weighted by atomic mass is 9.95. The number of fused-ring (bicyclic) bond motifs is 3. The van der Waals surface area contributed by atoms with Crippen LogP contribution in [-0.4, -0.2) is 17.0 Å². The number of pyridine rings is 1.